The summed E-state index contributed by atoms with van der Waals surface area (Å²) < 4.78 is 0.935. The Morgan fingerprint density at radius 3 is 2.56 bits per heavy atom. The molecule has 2 amide bonds. The maximum absolute atomic E-state index is 11.6. The number of anilines is 1. The number of carbonyl (C=O) groups excluding carboxylic acids is 1. The Morgan fingerprint density at radius 1 is 1.33 bits per heavy atom. The predicted octanol–water partition coefficient (Wildman–Crippen LogP) is 2.28. The Labute approximate surface area is 118 Å². The van der Waals surface area contributed by atoms with Gasteiger partial charge in [-0.15, -0.1) is 0 Å². The van der Waals surface area contributed by atoms with E-state index in [0.717, 1.165) is 9.26 Å². The van der Waals surface area contributed by atoms with Crippen molar-refractivity contribution >= 4 is 40.3 Å². The molecule has 96 valence electrons. The average Bonchev–Trinajstić information content (AvgIpc) is 3.11. The third-order valence-electron chi connectivity index (χ3n) is 3.02. The highest BCUT2D eigenvalue weighted by Crippen LogP contribution is 2.45. The van der Waals surface area contributed by atoms with Crippen molar-refractivity contribution in [2.24, 2.45) is 5.41 Å². The quantitative estimate of drug-likeness (QED) is 0.721. The fraction of sp³-hybridized carbons (Fsp3) is 0.333. The van der Waals surface area contributed by atoms with E-state index in [4.69, 9.17) is 5.11 Å². The van der Waals surface area contributed by atoms with Crippen LogP contribution in [0.4, 0.5) is 10.5 Å². The molecule has 1 aliphatic carbocycles. The Kier molecular flexibility index (Phi) is 3.74. The average molecular weight is 360 g/mol. The fourth-order valence-corrected chi connectivity index (χ4v) is 2.12. The molecule has 5 nitrogen and oxygen atoms in total. The Balaban J connectivity index is 1.87. The van der Waals surface area contributed by atoms with E-state index < -0.39 is 11.4 Å². The molecule has 1 saturated carbocycles. The molecule has 3 N–H and O–H groups in total. The minimum Gasteiger partial charge on any atom is -0.481 e. The molecule has 2 rings (SSSR count). The molecular weight excluding hydrogens is 347 g/mol. The Morgan fingerprint density at radius 2 is 2.00 bits per heavy atom. The summed E-state index contributed by atoms with van der Waals surface area (Å²) in [5, 5.41) is 14.3. The number of aliphatic carboxylic acids is 1. The zero-order valence-electron chi connectivity index (χ0n) is 9.57. The van der Waals surface area contributed by atoms with Crippen LogP contribution in [-0.4, -0.2) is 23.7 Å². The number of hydrogen-bond donors (Lipinski definition) is 3. The highest BCUT2D eigenvalue weighted by Gasteiger charge is 2.50. The first-order chi connectivity index (χ1) is 8.53. The van der Waals surface area contributed by atoms with Crippen LogP contribution in [-0.2, 0) is 4.79 Å². The van der Waals surface area contributed by atoms with Crippen molar-refractivity contribution in [2.45, 2.75) is 12.8 Å². The van der Waals surface area contributed by atoms with Crippen LogP contribution in [0.1, 0.15) is 12.8 Å². The van der Waals surface area contributed by atoms with Gasteiger partial charge in [0.1, 0.15) is 0 Å². The van der Waals surface area contributed by atoms with Crippen molar-refractivity contribution in [1.29, 1.82) is 0 Å². The molecule has 0 atom stereocenters. The first-order valence-electron chi connectivity index (χ1n) is 5.56. The van der Waals surface area contributed by atoms with E-state index in [1.807, 2.05) is 18.2 Å². The second kappa shape index (κ2) is 5.13. The van der Waals surface area contributed by atoms with Crippen LogP contribution in [0.5, 0.6) is 0 Å². The van der Waals surface area contributed by atoms with Gasteiger partial charge in [-0.3, -0.25) is 4.79 Å². The molecule has 1 fully saturated rings. The second-order valence-electron chi connectivity index (χ2n) is 4.37. The molecule has 0 aromatic heterocycles. The van der Waals surface area contributed by atoms with Gasteiger partial charge in [0.25, 0.3) is 0 Å². The summed E-state index contributed by atoms with van der Waals surface area (Å²) in [6, 6.07) is 7.03. The monoisotopic (exact) mass is 360 g/mol. The molecule has 0 heterocycles. The molecule has 0 unspecified atom stereocenters. The predicted molar refractivity (Wildman–Crippen MR) is 75.5 cm³/mol. The van der Waals surface area contributed by atoms with Crippen LogP contribution in [0.25, 0.3) is 0 Å². The molecule has 1 aliphatic rings. The summed E-state index contributed by atoms with van der Waals surface area (Å²) in [6.45, 7) is 0.178. The van der Waals surface area contributed by atoms with Crippen molar-refractivity contribution in [1.82, 2.24) is 5.32 Å². The number of carboxylic acid groups (broad SMARTS) is 1. The molecule has 18 heavy (non-hydrogen) atoms. The molecule has 1 aromatic rings. The van der Waals surface area contributed by atoms with E-state index in [1.54, 1.807) is 6.07 Å². The maximum atomic E-state index is 11.6. The van der Waals surface area contributed by atoms with Gasteiger partial charge in [-0.1, -0.05) is 12.1 Å². The molecule has 0 saturated heterocycles. The fourth-order valence-electron chi connectivity index (χ4n) is 1.60. The zero-order chi connectivity index (χ0) is 13.2. The minimum absolute atomic E-state index is 0.178. The minimum atomic E-state index is -0.836. The maximum Gasteiger partial charge on any atom is 0.319 e. The highest BCUT2D eigenvalue weighted by atomic mass is 127. The van der Waals surface area contributed by atoms with E-state index in [9.17, 15) is 9.59 Å². The molecule has 0 spiro atoms. The van der Waals surface area contributed by atoms with Crippen LogP contribution in [0.15, 0.2) is 24.3 Å². The number of benzene rings is 1. The third kappa shape index (κ3) is 2.92. The van der Waals surface area contributed by atoms with Gasteiger partial charge in [0.2, 0.25) is 0 Å². The van der Waals surface area contributed by atoms with E-state index in [2.05, 4.69) is 33.2 Å². The van der Waals surface area contributed by atoms with Crippen molar-refractivity contribution in [3.05, 3.63) is 27.8 Å². The van der Waals surface area contributed by atoms with Gasteiger partial charge in [0.15, 0.2) is 0 Å². The number of para-hydroxylation sites is 1. The summed E-state index contributed by atoms with van der Waals surface area (Å²) in [5.74, 6) is -0.836. The largest absolute Gasteiger partial charge is 0.481 e. The Bertz CT molecular complexity index is 486. The van der Waals surface area contributed by atoms with Crippen LogP contribution in [0, 0.1) is 8.99 Å². The summed E-state index contributed by atoms with van der Waals surface area (Å²) in [5.41, 5.74) is -0.0166. The highest BCUT2D eigenvalue weighted by molar-refractivity contribution is 14.1. The smallest absolute Gasteiger partial charge is 0.319 e. The van der Waals surface area contributed by atoms with Gasteiger partial charge in [0.05, 0.1) is 11.1 Å². The van der Waals surface area contributed by atoms with E-state index in [-0.39, 0.29) is 12.6 Å². The number of hydrogen-bond acceptors (Lipinski definition) is 2. The van der Waals surface area contributed by atoms with Gasteiger partial charge in [-0.25, -0.2) is 4.79 Å². The number of carboxylic acids is 1. The van der Waals surface area contributed by atoms with Gasteiger partial charge in [-0.05, 0) is 47.6 Å². The molecule has 0 bridgehead atoms. The topological polar surface area (TPSA) is 78.4 Å². The number of halogens is 1. The molecule has 6 heteroatoms. The summed E-state index contributed by atoms with van der Waals surface area (Å²) in [6.07, 6.45) is 1.26. The lowest BCUT2D eigenvalue weighted by Gasteiger charge is -2.12. The van der Waals surface area contributed by atoms with Crippen LogP contribution in [0.2, 0.25) is 0 Å². The number of rotatable bonds is 4. The number of carbonyl (C=O) groups is 2. The molecule has 1 aromatic carbocycles. The lowest BCUT2D eigenvalue weighted by atomic mass is 10.1. The van der Waals surface area contributed by atoms with E-state index in [0.29, 0.717) is 12.8 Å². The molecule has 0 aliphatic heterocycles. The van der Waals surface area contributed by atoms with Gasteiger partial charge >= 0.3 is 12.0 Å². The van der Waals surface area contributed by atoms with Crippen LogP contribution >= 0.6 is 22.6 Å². The third-order valence-corrected chi connectivity index (χ3v) is 3.96. The van der Waals surface area contributed by atoms with E-state index in [1.165, 1.54) is 0 Å². The first kappa shape index (κ1) is 13.1. The van der Waals surface area contributed by atoms with Crippen molar-refractivity contribution in [2.75, 3.05) is 11.9 Å². The Hall–Kier alpha value is -1.31. The normalized spacial score (nSPS) is 15.8. The number of urea groups is 1. The van der Waals surface area contributed by atoms with Crippen molar-refractivity contribution in [3.63, 3.8) is 0 Å². The van der Waals surface area contributed by atoms with Crippen LogP contribution < -0.4 is 10.6 Å². The second-order valence-corrected chi connectivity index (χ2v) is 5.54. The SMILES string of the molecule is O=C(NCC1(C(=O)O)CC1)Nc1ccccc1I. The van der Waals surface area contributed by atoms with E-state index >= 15 is 0 Å². The summed E-state index contributed by atoms with van der Waals surface area (Å²) in [4.78, 5) is 22.6. The zero-order valence-corrected chi connectivity index (χ0v) is 11.7. The number of nitrogens with one attached hydrogen (secondary N) is 2. The summed E-state index contributed by atoms with van der Waals surface area (Å²) >= 11 is 2.12. The van der Waals surface area contributed by atoms with Gasteiger partial charge < -0.3 is 15.7 Å². The number of amides is 2. The van der Waals surface area contributed by atoms with Crippen molar-refractivity contribution < 1.29 is 14.7 Å². The van der Waals surface area contributed by atoms with Crippen LogP contribution in [0.3, 0.4) is 0 Å². The lowest BCUT2D eigenvalue weighted by molar-refractivity contribution is -0.143. The summed E-state index contributed by atoms with van der Waals surface area (Å²) in [7, 11) is 0. The van der Waals surface area contributed by atoms with Crippen molar-refractivity contribution in [3.8, 4) is 0 Å². The molecular formula is C12H13IN2O3. The molecule has 0 radical (unpaired) electrons. The van der Waals surface area contributed by atoms with Gasteiger partial charge in [-0.2, -0.15) is 0 Å². The standard InChI is InChI=1S/C12H13IN2O3/c13-8-3-1-2-4-9(8)15-11(18)14-7-12(5-6-12)10(16)17/h1-4H,5-7H2,(H,16,17)(H2,14,15,18). The lowest BCUT2D eigenvalue weighted by Crippen LogP contribution is -2.36. The first-order valence-corrected chi connectivity index (χ1v) is 6.64. The van der Waals surface area contributed by atoms with Gasteiger partial charge in [0, 0.05) is 10.1 Å².